The van der Waals surface area contributed by atoms with Gasteiger partial charge in [0.15, 0.2) is 0 Å². The first kappa shape index (κ1) is 13.3. The number of amides is 6. The van der Waals surface area contributed by atoms with E-state index in [1.807, 2.05) is 0 Å². The van der Waals surface area contributed by atoms with E-state index in [1.165, 1.54) is 9.80 Å². The molecule has 104 valence electrons. The van der Waals surface area contributed by atoms with Gasteiger partial charge >= 0.3 is 12.1 Å². The van der Waals surface area contributed by atoms with Crippen molar-refractivity contribution in [2.45, 2.75) is 19.3 Å². The summed E-state index contributed by atoms with van der Waals surface area (Å²) in [6.07, 6.45) is 2.37. The second-order valence-electron chi connectivity index (χ2n) is 4.61. The summed E-state index contributed by atoms with van der Waals surface area (Å²) in [5, 5.41) is 4.43. The summed E-state index contributed by atoms with van der Waals surface area (Å²) in [6.45, 7) is 1.31. The summed E-state index contributed by atoms with van der Waals surface area (Å²) in [6, 6.07) is -0.677. The molecule has 2 heterocycles. The van der Waals surface area contributed by atoms with Crippen molar-refractivity contribution in [3.05, 3.63) is 0 Å². The molecule has 0 bridgehead atoms. The van der Waals surface area contributed by atoms with Crippen molar-refractivity contribution in [1.82, 2.24) is 20.4 Å². The van der Waals surface area contributed by atoms with Gasteiger partial charge in [0, 0.05) is 13.1 Å². The number of hydrogen-bond donors (Lipinski definition) is 2. The van der Waals surface area contributed by atoms with Gasteiger partial charge in [-0.3, -0.25) is 20.2 Å². The second kappa shape index (κ2) is 5.68. The number of nitrogens with zero attached hydrogens (tertiary/aromatic N) is 2. The molecule has 0 spiro atoms. The molecule has 8 nitrogen and oxygen atoms in total. The molecule has 0 aromatic rings. The molecule has 0 atom stereocenters. The molecule has 19 heavy (non-hydrogen) atoms. The van der Waals surface area contributed by atoms with Gasteiger partial charge in [-0.1, -0.05) is 0 Å². The first-order chi connectivity index (χ1) is 9.06. The van der Waals surface area contributed by atoms with Crippen LogP contribution in [0.4, 0.5) is 9.59 Å². The molecule has 0 aromatic heterocycles. The third kappa shape index (κ3) is 3.43. The molecule has 2 saturated heterocycles. The van der Waals surface area contributed by atoms with Crippen LogP contribution < -0.4 is 10.6 Å². The van der Waals surface area contributed by atoms with E-state index < -0.39 is 0 Å². The molecule has 0 unspecified atom stereocenters. The van der Waals surface area contributed by atoms with Crippen LogP contribution in [0.25, 0.3) is 0 Å². The minimum absolute atomic E-state index is 0.127. The SMILES string of the molecule is O=C1CN(CCCCCN2CC(=O)NC2=O)C(=O)N1. The van der Waals surface area contributed by atoms with E-state index in [2.05, 4.69) is 10.6 Å². The molecule has 0 aliphatic carbocycles. The first-order valence-electron chi connectivity index (χ1n) is 6.24. The Labute approximate surface area is 110 Å². The zero-order valence-electron chi connectivity index (χ0n) is 10.5. The predicted octanol–water partition coefficient (Wildman–Crippen LogP) is -0.740. The smallest absolute Gasteiger partial charge is 0.315 e. The maximum atomic E-state index is 11.2. The van der Waals surface area contributed by atoms with Gasteiger partial charge < -0.3 is 9.80 Å². The van der Waals surface area contributed by atoms with Gasteiger partial charge in [0.25, 0.3) is 0 Å². The fourth-order valence-electron chi connectivity index (χ4n) is 2.11. The fraction of sp³-hybridized carbons (Fsp3) is 0.636. The van der Waals surface area contributed by atoms with E-state index in [4.69, 9.17) is 0 Å². The number of nitrogens with one attached hydrogen (secondary N) is 2. The molecule has 2 aliphatic rings. The predicted molar refractivity (Wildman–Crippen MR) is 64.1 cm³/mol. The number of imide groups is 2. The van der Waals surface area contributed by atoms with Crippen LogP contribution in [0.2, 0.25) is 0 Å². The zero-order valence-corrected chi connectivity index (χ0v) is 10.5. The van der Waals surface area contributed by atoms with Crippen LogP contribution in [0.3, 0.4) is 0 Å². The maximum absolute atomic E-state index is 11.2. The standard InChI is InChI=1S/C11H16N4O4/c16-8-6-14(10(18)12-8)4-2-1-3-5-15-7-9(17)13-11(15)19/h1-7H2,(H,12,16,18)(H,13,17,19). The third-order valence-electron chi connectivity index (χ3n) is 3.09. The van der Waals surface area contributed by atoms with Gasteiger partial charge in [0.2, 0.25) is 11.8 Å². The number of rotatable bonds is 6. The van der Waals surface area contributed by atoms with Gasteiger partial charge in [-0.25, -0.2) is 9.59 Å². The number of carbonyl (C=O) groups is 4. The summed E-state index contributed by atoms with van der Waals surface area (Å²) in [5.41, 5.74) is 0. The van der Waals surface area contributed by atoms with Crippen LogP contribution in [0.5, 0.6) is 0 Å². The van der Waals surface area contributed by atoms with Crippen molar-refractivity contribution in [3.63, 3.8) is 0 Å². The topological polar surface area (TPSA) is 98.8 Å². The Hall–Kier alpha value is -2.12. The van der Waals surface area contributed by atoms with E-state index in [-0.39, 0.29) is 37.0 Å². The minimum atomic E-state index is -0.338. The number of urea groups is 2. The Morgan fingerprint density at radius 3 is 1.47 bits per heavy atom. The monoisotopic (exact) mass is 268 g/mol. The molecular weight excluding hydrogens is 252 g/mol. The Balaban J connectivity index is 1.58. The highest BCUT2D eigenvalue weighted by atomic mass is 16.2. The lowest BCUT2D eigenvalue weighted by atomic mass is 10.2. The molecule has 0 radical (unpaired) electrons. The molecule has 8 heteroatoms. The van der Waals surface area contributed by atoms with Crippen molar-refractivity contribution in [2.24, 2.45) is 0 Å². The van der Waals surface area contributed by atoms with Gasteiger partial charge in [-0.2, -0.15) is 0 Å². The van der Waals surface area contributed by atoms with E-state index >= 15 is 0 Å². The van der Waals surface area contributed by atoms with Gasteiger partial charge in [0.05, 0.1) is 0 Å². The normalized spacial score (nSPS) is 19.2. The quantitative estimate of drug-likeness (QED) is 0.489. The average Bonchev–Trinajstić information content (AvgIpc) is 2.81. The van der Waals surface area contributed by atoms with Crippen molar-refractivity contribution in [2.75, 3.05) is 26.2 Å². The van der Waals surface area contributed by atoms with Crippen LogP contribution in [0, 0.1) is 0 Å². The van der Waals surface area contributed by atoms with Crippen molar-refractivity contribution in [1.29, 1.82) is 0 Å². The molecule has 0 aromatic carbocycles. The summed E-state index contributed by atoms with van der Waals surface area (Å²) >= 11 is 0. The van der Waals surface area contributed by atoms with Gasteiger partial charge in [0.1, 0.15) is 13.1 Å². The largest absolute Gasteiger partial charge is 0.324 e. The lowest BCUT2D eigenvalue weighted by Crippen LogP contribution is -2.30. The highest BCUT2D eigenvalue weighted by Gasteiger charge is 2.27. The molecule has 6 amide bonds. The van der Waals surface area contributed by atoms with Crippen molar-refractivity contribution >= 4 is 23.9 Å². The van der Waals surface area contributed by atoms with Crippen LogP contribution in [-0.4, -0.2) is 59.9 Å². The molecule has 2 N–H and O–H groups in total. The highest BCUT2D eigenvalue weighted by molar-refractivity contribution is 6.02. The third-order valence-corrected chi connectivity index (χ3v) is 3.09. The van der Waals surface area contributed by atoms with Crippen molar-refractivity contribution in [3.8, 4) is 0 Å². The molecule has 0 saturated carbocycles. The second-order valence-corrected chi connectivity index (χ2v) is 4.61. The molecule has 2 rings (SSSR count). The number of hydrogen-bond acceptors (Lipinski definition) is 4. The zero-order chi connectivity index (χ0) is 13.8. The van der Waals surface area contributed by atoms with Crippen LogP contribution >= 0.6 is 0 Å². The summed E-state index contributed by atoms with van der Waals surface area (Å²) < 4.78 is 0. The van der Waals surface area contributed by atoms with E-state index in [9.17, 15) is 19.2 Å². The van der Waals surface area contributed by atoms with E-state index in [0.717, 1.165) is 19.3 Å². The Morgan fingerprint density at radius 2 is 1.16 bits per heavy atom. The highest BCUT2D eigenvalue weighted by Crippen LogP contribution is 2.06. The van der Waals surface area contributed by atoms with Crippen LogP contribution in [-0.2, 0) is 9.59 Å². The van der Waals surface area contributed by atoms with Crippen molar-refractivity contribution < 1.29 is 19.2 Å². The minimum Gasteiger partial charge on any atom is -0.315 e. The number of carbonyl (C=O) groups excluding carboxylic acids is 4. The van der Waals surface area contributed by atoms with E-state index in [1.54, 1.807) is 0 Å². The average molecular weight is 268 g/mol. The Kier molecular flexibility index (Phi) is 3.98. The van der Waals surface area contributed by atoms with Crippen LogP contribution in [0.1, 0.15) is 19.3 Å². The Bertz CT molecular complexity index is 385. The molecule has 2 aliphatic heterocycles. The molecule has 2 fully saturated rings. The first-order valence-corrected chi connectivity index (χ1v) is 6.24. The maximum Gasteiger partial charge on any atom is 0.324 e. The fourth-order valence-corrected chi connectivity index (χ4v) is 2.11. The summed E-state index contributed by atoms with van der Waals surface area (Å²) in [4.78, 5) is 47.3. The van der Waals surface area contributed by atoms with Gasteiger partial charge in [-0.05, 0) is 19.3 Å². The van der Waals surface area contributed by atoms with Crippen LogP contribution in [0.15, 0.2) is 0 Å². The lowest BCUT2D eigenvalue weighted by Gasteiger charge is -2.14. The summed E-state index contributed by atoms with van der Waals surface area (Å²) in [7, 11) is 0. The summed E-state index contributed by atoms with van der Waals surface area (Å²) in [5.74, 6) is -0.533. The lowest BCUT2D eigenvalue weighted by molar-refractivity contribution is -0.119. The Morgan fingerprint density at radius 1 is 0.737 bits per heavy atom. The van der Waals surface area contributed by atoms with Gasteiger partial charge in [-0.15, -0.1) is 0 Å². The van der Waals surface area contributed by atoms with E-state index in [0.29, 0.717) is 13.1 Å². The molecular formula is C11H16N4O4. The number of unbranched alkanes of at least 4 members (excludes halogenated alkanes) is 2.